The van der Waals surface area contributed by atoms with Gasteiger partial charge in [-0.2, -0.15) is 0 Å². The van der Waals surface area contributed by atoms with E-state index in [0.29, 0.717) is 13.0 Å². The van der Waals surface area contributed by atoms with Crippen LogP contribution in [0.15, 0.2) is 0 Å². The molecule has 1 aliphatic heterocycles. The number of unbranched alkanes of at least 4 members (excludes halogenated alkanes) is 9. The van der Waals surface area contributed by atoms with Crippen LogP contribution in [0.25, 0.3) is 0 Å². The van der Waals surface area contributed by atoms with Crippen molar-refractivity contribution in [2.75, 3.05) is 13.1 Å². The smallest absolute Gasteiger partial charge is 0.237 e. The van der Waals surface area contributed by atoms with Crippen LogP contribution in [-0.4, -0.2) is 47.8 Å². The summed E-state index contributed by atoms with van der Waals surface area (Å²) in [6.45, 7) is 3.44. The summed E-state index contributed by atoms with van der Waals surface area (Å²) in [7, 11) is 0. The molecule has 0 aromatic carbocycles. The Morgan fingerprint density at radius 2 is 1.53 bits per heavy atom. The fourth-order valence-electron chi connectivity index (χ4n) is 4.23. The number of piperidine rings is 1. The number of hydrogen-bond donors (Lipinski definition) is 3. The van der Waals surface area contributed by atoms with Gasteiger partial charge < -0.3 is 21.7 Å². The van der Waals surface area contributed by atoms with Gasteiger partial charge in [0.05, 0.1) is 6.04 Å². The molecule has 8 heteroatoms. The van der Waals surface area contributed by atoms with E-state index < -0.39 is 11.9 Å². The molecule has 1 fully saturated rings. The minimum absolute atomic E-state index is 0. The molecule has 0 aromatic heterocycles. The van der Waals surface area contributed by atoms with Gasteiger partial charge in [-0.1, -0.05) is 64.7 Å². The first-order chi connectivity index (χ1) is 15.0. The van der Waals surface area contributed by atoms with E-state index in [9.17, 15) is 14.4 Å². The Morgan fingerprint density at radius 3 is 2.12 bits per heavy atom. The fourth-order valence-corrected chi connectivity index (χ4v) is 4.23. The highest BCUT2D eigenvalue weighted by Crippen LogP contribution is 2.19. The van der Waals surface area contributed by atoms with Gasteiger partial charge in [-0.15, -0.1) is 12.4 Å². The Morgan fingerprint density at radius 1 is 0.938 bits per heavy atom. The normalized spacial score (nSPS) is 16.8. The molecule has 2 unspecified atom stereocenters. The molecule has 0 aromatic rings. The number of rotatable bonds is 17. The number of nitrogens with two attached hydrogens (primary N) is 2. The van der Waals surface area contributed by atoms with Gasteiger partial charge in [0.15, 0.2) is 0 Å². The minimum Gasteiger partial charge on any atom is -0.370 e. The first-order valence-electron chi connectivity index (χ1n) is 12.6. The lowest BCUT2D eigenvalue weighted by molar-refractivity contribution is -0.135. The van der Waals surface area contributed by atoms with Gasteiger partial charge in [0.2, 0.25) is 17.7 Å². The average Bonchev–Trinajstić information content (AvgIpc) is 2.77. The van der Waals surface area contributed by atoms with Gasteiger partial charge in [0.25, 0.3) is 0 Å². The van der Waals surface area contributed by atoms with Crippen LogP contribution in [0.4, 0.5) is 0 Å². The molecule has 3 amide bonds. The minimum atomic E-state index is -0.744. The van der Waals surface area contributed by atoms with E-state index in [1.807, 2.05) is 4.90 Å². The summed E-state index contributed by atoms with van der Waals surface area (Å²) in [6, 6.07) is -0.705. The molecule has 1 saturated heterocycles. The summed E-state index contributed by atoms with van der Waals surface area (Å²) in [5.41, 5.74) is 10.9. The predicted octanol–water partition coefficient (Wildman–Crippen LogP) is 3.81. The van der Waals surface area contributed by atoms with Crippen LogP contribution in [-0.2, 0) is 14.4 Å². The lowest BCUT2D eigenvalue weighted by Crippen LogP contribution is -2.51. The standard InChI is InChI=1S/C24H46N4O3.ClH/c1-2-3-4-5-6-7-8-9-10-11-15-23(30)28-18-13-12-14-20(28)19-27-24(31)21(25)16-17-22(26)29;/h20-21H,2-19,25H2,1H3,(H2,26,29)(H,27,31);1H. The van der Waals surface area contributed by atoms with Gasteiger partial charge in [0, 0.05) is 32.0 Å². The molecule has 0 saturated carbocycles. The number of primary amides is 1. The Bertz CT molecular complexity index is 533. The number of likely N-dealkylation sites (tertiary alicyclic amines) is 1. The number of halogens is 1. The molecule has 1 heterocycles. The van der Waals surface area contributed by atoms with Crippen molar-refractivity contribution in [3.63, 3.8) is 0 Å². The maximum absolute atomic E-state index is 12.7. The van der Waals surface area contributed by atoms with E-state index in [2.05, 4.69) is 12.2 Å². The van der Waals surface area contributed by atoms with Crippen molar-refractivity contribution >= 4 is 30.1 Å². The first kappa shape index (κ1) is 30.7. The van der Waals surface area contributed by atoms with Crippen molar-refractivity contribution < 1.29 is 14.4 Å². The number of nitrogens with one attached hydrogen (secondary N) is 1. The van der Waals surface area contributed by atoms with E-state index >= 15 is 0 Å². The van der Waals surface area contributed by atoms with E-state index in [-0.39, 0.29) is 43.1 Å². The predicted molar refractivity (Wildman–Crippen MR) is 132 cm³/mol. The fraction of sp³-hybridized carbons (Fsp3) is 0.875. The quantitative estimate of drug-likeness (QED) is 0.278. The lowest BCUT2D eigenvalue weighted by Gasteiger charge is -2.36. The third-order valence-electron chi connectivity index (χ3n) is 6.24. The zero-order valence-corrected chi connectivity index (χ0v) is 20.9. The number of carbonyl (C=O) groups excluding carboxylic acids is 3. The molecule has 7 nitrogen and oxygen atoms in total. The molecule has 188 valence electrons. The second kappa shape index (κ2) is 19.2. The third-order valence-corrected chi connectivity index (χ3v) is 6.24. The van der Waals surface area contributed by atoms with Crippen molar-refractivity contribution in [1.82, 2.24) is 10.2 Å². The van der Waals surface area contributed by atoms with Crippen LogP contribution >= 0.6 is 12.4 Å². The number of nitrogens with zero attached hydrogens (tertiary/aromatic N) is 1. The van der Waals surface area contributed by atoms with Crippen LogP contribution in [0.2, 0.25) is 0 Å². The van der Waals surface area contributed by atoms with Crippen LogP contribution in [0.1, 0.15) is 110 Å². The maximum atomic E-state index is 12.7. The molecule has 2 atom stereocenters. The zero-order valence-electron chi connectivity index (χ0n) is 20.1. The summed E-state index contributed by atoms with van der Waals surface area (Å²) in [5, 5.41) is 2.86. The van der Waals surface area contributed by atoms with Gasteiger partial charge >= 0.3 is 0 Å². The molecule has 1 aliphatic rings. The molecule has 1 rings (SSSR count). The van der Waals surface area contributed by atoms with E-state index in [1.54, 1.807) is 0 Å². The van der Waals surface area contributed by atoms with Gasteiger partial charge in [-0.05, 0) is 32.1 Å². The Labute approximate surface area is 201 Å². The highest BCUT2D eigenvalue weighted by Gasteiger charge is 2.27. The summed E-state index contributed by atoms with van der Waals surface area (Å²) in [4.78, 5) is 37.7. The first-order valence-corrected chi connectivity index (χ1v) is 12.6. The molecule has 32 heavy (non-hydrogen) atoms. The zero-order chi connectivity index (χ0) is 22.9. The van der Waals surface area contributed by atoms with E-state index in [0.717, 1.165) is 38.6 Å². The van der Waals surface area contributed by atoms with Gasteiger partial charge in [-0.25, -0.2) is 0 Å². The monoisotopic (exact) mass is 474 g/mol. The van der Waals surface area contributed by atoms with Crippen molar-refractivity contribution in [2.24, 2.45) is 11.5 Å². The largest absolute Gasteiger partial charge is 0.370 e. The van der Waals surface area contributed by atoms with Crippen LogP contribution in [0.5, 0.6) is 0 Å². The SMILES string of the molecule is CCCCCCCCCCCCC(=O)N1CCCCC1CNC(=O)C(N)CCC(N)=O.Cl. The summed E-state index contributed by atoms with van der Waals surface area (Å²) in [6.07, 6.45) is 16.5. The third kappa shape index (κ3) is 13.9. The van der Waals surface area contributed by atoms with E-state index in [1.165, 1.54) is 51.4 Å². The average molecular weight is 475 g/mol. The Balaban J connectivity index is 0.00000961. The van der Waals surface area contributed by atoms with Crippen LogP contribution in [0.3, 0.4) is 0 Å². The summed E-state index contributed by atoms with van der Waals surface area (Å²) >= 11 is 0. The molecule has 0 radical (unpaired) electrons. The Kier molecular flexibility index (Phi) is 18.4. The van der Waals surface area contributed by atoms with Crippen LogP contribution < -0.4 is 16.8 Å². The van der Waals surface area contributed by atoms with Crippen molar-refractivity contribution in [2.45, 2.75) is 122 Å². The molecule has 0 bridgehead atoms. The topological polar surface area (TPSA) is 119 Å². The van der Waals surface area contributed by atoms with Crippen LogP contribution in [0, 0.1) is 0 Å². The summed E-state index contributed by atoms with van der Waals surface area (Å²) < 4.78 is 0. The van der Waals surface area contributed by atoms with Crippen molar-refractivity contribution in [1.29, 1.82) is 0 Å². The second-order valence-electron chi connectivity index (χ2n) is 9.03. The molecule has 0 spiro atoms. The molecular formula is C24H47ClN4O3. The van der Waals surface area contributed by atoms with E-state index in [4.69, 9.17) is 11.5 Å². The second-order valence-corrected chi connectivity index (χ2v) is 9.03. The Hall–Kier alpha value is -1.34. The highest BCUT2D eigenvalue weighted by molar-refractivity contribution is 5.85. The van der Waals surface area contributed by atoms with Gasteiger partial charge in [0.1, 0.15) is 0 Å². The van der Waals surface area contributed by atoms with Gasteiger partial charge in [-0.3, -0.25) is 14.4 Å². The highest BCUT2D eigenvalue weighted by atomic mass is 35.5. The lowest BCUT2D eigenvalue weighted by atomic mass is 10.0. The van der Waals surface area contributed by atoms with Crippen molar-refractivity contribution in [3.8, 4) is 0 Å². The summed E-state index contributed by atoms with van der Waals surface area (Å²) in [5.74, 6) is -0.537. The molecule has 0 aliphatic carbocycles. The molecular weight excluding hydrogens is 428 g/mol. The van der Waals surface area contributed by atoms with Crippen molar-refractivity contribution in [3.05, 3.63) is 0 Å². The number of hydrogen-bond acceptors (Lipinski definition) is 4. The number of amides is 3. The molecule has 5 N–H and O–H groups in total. The maximum Gasteiger partial charge on any atom is 0.237 e. The number of carbonyl (C=O) groups is 3.